The molecule has 3 aliphatic heterocycles. The number of rotatable bonds is 12. The number of carbonyl (C=O) groups is 2. The van der Waals surface area contributed by atoms with Crippen molar-refractivity contribution >= 4 is 81.1 Å². The molecule has 8 aromatic rings. The van der Waals surface area contributed by atoms with Crippen molar-refractivity contribution in [2.45, 2.75) is 170 Å². The number of pyridine rings is 2. The van der Waals surface area contributed by atoms with E-state index in [0.717, 1.165) is 0 Å². The second-order valence-electron chi connectivity index (χ2n) is 27.2. The van der Waals surface area contributed by atoms with Crippen molar-refractivity contribution in [3.63, 3.8) is 0 Å². The van der Waals surface area contributed by atoms with Crippen LogP contribution in [0.3, 0.4) is 0 Å². The van der Waals surface area contributed by atoms with Crippen LogP contribution in [-0.2, 0) is 18.9 Å². The van der Waals surface area contributed by atoms with E-state index in [9.17, 15) is 28.0 Å². The summed E-state index contributed by atoms with van der Waals surface area (Å²) in [4.78, 5) is 95.8. The van der Waals surface area contributed by atoms with Gasteiger partial charge in [-0.3, -0.25) is 9.59 Å². The Morgan fingerprint density at radius 1 is 0.571 bits per heavy atom. The summed E-state index contributed by atoms with van der Waals surface area (Å²) < 4.78 is 73.9. The van der Waals surface area contributed by atoms with Crippen LogP contribution in [0.4, 0.5) is 40.6 Å². The molecule has 0 saturated carbocycles. The molecule has 3 fully saturated rings. The highest BCUT2D eigenvalue weighted by molar-refractivity contribution is 6.64. The molecule has 0 radical (unpaired) electrons. The molecule has 2 aromatic carbocycles. The molecule has 0 unspecified atom stereocenters. The smallest absolute Gasteiger partial charge is 0.399 e. The molecule has 9 heterocycles. The zero-order valence-electron chi connectivity index (χ0n) is 58.1. The van der Waals surface area contributed by atoms with Gasteiger partial charge in [0.2, 0.25) is 11.8 Å². The first-order chi connectivity index (χ1) is 46.0. The summed E-state index contributed by atoms with van der Waals surface area (Å²) in [6.07, 6.45) is 5.50. The maximum absolute atomic E-state index is 16.0. The lowest BCUT2D eigenvalue weighted by molar-refractivity contribution is -0.131. The minimum absolute atomic E-state index is 0.00151. The molecule has 0 bridgehead atoms. The summed E-state index contributed by atoms with van der Waals surface area (Å²) in [7, 11) is -0.749. The second kappa shape index (κ2) is 28.7. The molecule has 3 aliphatic rings. The van der Waals surface area contributed by atoms with Crippen molar-refractivity contribution in [3.05, 3.63) is 159 Å². The number of halogens is 5. The third kappa shape index (κ3) is 14.0. The number of carbonyl (C=O) groups excluding carboxylic acids is 2. The second-order valence-corrected chi connectivity index (χ2v) is 27.5. The van der Waals surface area contributed by atoms with Crippen LogP contribution in [0.5, 0.6) is 0 Å². The van der Waals surface area contributed by atoms with E-state index in [2.05, 4.69) is 53.0 Å². The van der Waals surface area contributed by atoms with Crippen LogP contribution < -0.4 is 38.1 Å². The maximum Gasteiger partial charge on any atom is 0.499 e. The van der Waals surface area contributed by atoms with E-state index < -0.39 is 53.0 Å². The first-order valence-electron chi connectivity index (χ1n) is 32.5. The molecule has 3 saturated heterocycles. The lowest BCUT2D eigenvalue weighted by Gasteiger charge is -2.44. The highest BCUT2D eigenvalue weighted by Gasteiger charge is 2.53. The van der Waals surface area contributed by atoms with Gasteiger partial charge in [0.25, 0.3) is 0 Å². The number of nitrogens with two attached hydrogens (primary N) is 2. The molecule has 0 spiro atoms. The molecule has 4 N–H and O–H groups in total. The predicted molar refractivity (Wildman–Crippen MR) is 375 cm³/mol. The van der Waals surface area contributed by atoms with Crippen molar-refractivity contribution in [2.75, 3.05) is 47.4 Å². The molecule has 518 valence electrons. The summed E-state index contributed by atoms with van der Waals surface area (Å²) in [5.41, 5.74) is 13.3. The first kappa shape index (κ1) is 73.1. The van der Waals surface area contributed by atoms with Crippen LogP contribution in [-0.4, -0.2) is 139 Å². The van der Waals surface area contributed by atoms with Gasteiger partial charge in [0.1, 0.15) is 41.6 Å². The van der Waals surface area contributed by atoms with Gasteiger partial charge in [-0.25, -0.2) is 66.2 Å². The van der Waals surface area contributed by atoms with Crippen molar-refractivity contribution in [1.29, 1.82) is 0 Å². The molecular weight excluding hydrogens is 1280 g/mol. The van der Waals surface area contributed by atoms with Crippen LogP contribution in [0.15, 0.2) is 96.1 Å². The zero-order valence-corrected chi connectivity index (χ0v) is 58.9. The van der Waals surface area contributed by atoms with Gasteiger partial charge in [0, 0.05) is 67.2 Å². The molecular formula is C70H84BClF4N16O6. The normalized spacial score (nSPS) is 18.4. The third-order valence-electron chi connectivity index (χ3n) is 18.1. The van der Waals surface area contributed by atoms with E-state index in [1.807, 2.05) is 121 Å². The van der Waals surface area contributed by atoms with Gasteiger partial charge >= 0.3 is 18.5 Å². The first-order valence-corrected chi connectivity index (χ1v) is 32.9. The monoisotopic (exact) mass is 1370 g/mol. The largest absolute Gasteiger partial charge is 0.499 e. The fourth-order valence-electron chi connectivity index (χ4n) is 12.8. The predicted octanol–water partition coefficient (Wildman–Crippen LogP) is 10.9. The SMILES string of the molecule is C=CC(=O)N1[C@H](C)CN(c2nc(=O)n(-c3c(C(C)C)ncnc3C(C)C)c3nc(-c4c(N)cccc4F)c(F)cc23)C[C@@H]1C.C=CC(=O)N1[C@H](C)CN(c2nc(=O)n(-c3c(C(C)C)ncnc3C(C)C)c3nc(Cl)c(F)cc23)C[C@@H]1C.CC1(C)OB(c2c(N)cccc2F)OC1(C)C. The topological polar surface area (TPSA) is 265 Å². The van der Waals surface area contributed by atoms with E-state index in [0.29, 0.717) is 71.4 Å². The minimum Gasteiger partial charge on any atom is -0.399 e. The summed E-state index contributed by atoms with van der Waals surface area (Å²) in [6, 6.07) is 10.2. The molecule has 98 heavy (non-hydrogen) atoms. The molecule has 0 aliphatic carbocycles. The highest BCUT2D eigenvalue weighted by Crippen LogP contribution is 2.40. The number of hydrogen-bond donors (Lipinski definition) is 2. The number of nitrogens with zero attached hydrogens (tertiary/aromatic N) is 14. The van der Waals surface area contributed by atoms with E-state index in [1.165, 1.54) is 70.3 Å². The average Bonchev–Trinajstić information content (AvgIpc) is 0.978. The number of benzene rings is 2. The van der Waals surface area contributed by atoms with Crippen molar-refractivity contribution < 1.29 is 36.5 Å². The van der Waals surface area contributed by atoms with Gasteiger partial charge in [0.15, 0.2) is 28.1 Å². The quantitative estimate of drug-likeness (QED) is 0.0378. The van der Waals surface area contributed by atoms with Gasteiger partial charge in [-0.15, -0.1) is 0 Å². The van der Waals surface area contributed by atoms with Crippen LogP contribution in [0, 0.1) is 23.3 Å². The fraction of sp³-hybridized carbons (Fsp3) is 0.429. The summed E-state index contributed by atoms with van der Waals surface area (Å²) >= 11 is 6.14. The van der Waals surface area contributed by atoms with Gasteiger partial charge in [-0.05, 0) is 128 Å². The highest BCUT2D eigenvalue weighted by atomic mass is 35.5. The zero-order chi connectivity index (χ0) is 72.1. The number of aromatic nitrogens is 10. The molecule has 6 aromatic heterocycles. The lowest BCUT2D eigenvalue weighted by Crippen LogP contribution is -2.58. The molecule has 2 amide bonds. The van der Waals surface area contributed by atoms with Crippen molar-refractivity contribution in [1.82, 2.24) is 58.8 Å². The van der Waals surface area contributed by atoms with E-state index in [1.54, 1.807) is 21.9 Å². The lowest BCUT2D eigenvalue weighted by atomic mass is 9.77. The fourth-order valence-corrected chi connectivity index (χ4v) is 13.0. The van der Waals surface area contributed by atoms with Crippen LogP contribution in [0.1, 0.15) is 157 Å². The summed E-state index contributed by atoms with van der Waals surface area (Å²) in [6.45, 7) is 39.6. The van der Waals surface area contributed by atoms with Gasteiger partial charge in [-0.2, -0.15) is 9.97 Å². The Hall–Kier alpha value is -9.21. The summed E-state index contributed by atoms with van der Waals surface area (Å²) in [5.74, 6) is -2.89. The Morgan fingerprint density at radius 2 is 0.939 bits per heavy atom. The Bertz CT molecular complexity index is 4420. The number of piperazine rings is 2. The minimum atomic E-state index is -0.832. The number of nitrogen functional groups attached to an aromatic ring is 2. The number of amides is 2. The van der Waals surface area contributed by atoms with E-state index in [4.69, 9.17) is 32.4 Å². The maximum atomic E-state index is 16.0. The Balaban J connectivity index is 0.000000187. The molecule has 22 nitrogen and oxygen atoms in total. The third-order valence-corrected chi connectivity index (χ3v) is 18.4. The number of anilines is 4. The summed E-state index contributed by atoms with van der Waals surface area (Å²) in [5, 5.41) is 0.213. The van der Waals surface area contributed by atoms with Crippen LogP contribution >= 0.6 is 11.6 Å². The Kier molecular flexibility index (Phi) is 21.4. The van der Waals surface area contributed by atoms with Gasteiger partial charge < -0.3 is 40.4 Å². The van der Waals surface area contributed by atoms with E-state index >= 15 is 8.78 Å². The van der Waals surface area contributed by atoms with E-state index in [-0.39, 0.29) is 116 Å². The van der Waals surface area contributed by atoms with Crippen LogP contribution in [0.2, 0.25) is 5.15 Å². The molecule has 4 atom stereocenters. The number of fused-ring (bicyclic) bond motifs is 2. The molecule has 11 rings (SSSR count). The van der Waals surface area contributed by atoms with Crippen LogP contribution in [0.25, 0.3) is 44.7 Å². The number of hydrogen-bond acceptors (Lipinski definition) is 18. The standard InChI is InChI=1S/C32H36F2N8O2.C26H31ClFN7O2.C12H17BFNO2/c1-8-24(43)41-18(6)13-40(14-19(41)7)30-20-12-22(34)28(25-21(33)10-9-11-23(25)35)38-31(20)42(32(44)39-30)29-26(16(2)3)36-15-37-27(29)17(4)5;1-8-19(36)34-15(6)10-33(11-16(34)7)24-17-9-18(28)23(27)31-25(17)35(26(37)32-24)22-20(13(2)3)29-12-30-21(22)14(4)5;1-11(2)12(3,4)17-13(16-11)10-8(14)6-5-7-9(10)15/h8-12,15-19H,1,13-14,35H2,2-7H3;8-9,12-16H,1,10-11H2,2-7H3;5-7H,15H2,1-4H3/t18-,19+;15-,16+;. The Morgan fingerprint density at radius 3 is 1.31 bits per heavy atom. The van der Waals surface area contributed by atoms with Crippen molar-refractivity contribution in [2.24, 2.45) is 0 Å². The van der Waals surface area contributed by atoms with Crippen molar-refractivity contribution in [3.8, 4) is 22.6 Å². The van der Waals surface area contributed by atoms with Gasteiger partial charge in [-0.1, -0.05) is 92.3 Å². The Labute approximate surface area is 572 Å². The van der Waals surface area contributed by atoms with Gasteiger partial charge in [0.05, 0.1) is 61.7 Å². The average molecular weight is 1370 g/mol. The molecule has 28 heteroatoms.